The van der Waals surface area contributed by atoms with Gasteiger partial charge in [0.2, 0.25) is 0 Å². The standard InChI is InChI=1S/C26H23F2NO6/c1-4-33-16-8-9-17(21(13-16)34-5-2)24(30)22-23(20-11-6-14(3)35-20)29(26(32)25(22)31)19-10-7-15(27)12-18(19)28/h6-13,23,30H,4-5H2,1-3H3/b24-22-. The van der Waals surface area contributed by atoms with E-state index in [-0.39, 0.29) is 34.9 Å². The zero-order chi connectivity index (χ0) is 25.3. The zero-order valence-electron chi connectivity index (χ0n) is 19.3. The normalized spacial score (nSPS) is 17.2. The number of anilines is 1. The van der Waals surface area contributed by atoms with Gasteiger partial charge in [0, 0.05) is 12.1 Å². The van der Waals surface area contributed by atoms with Gasteiger partial charge in [0.1, 0.15) is 46.5 Å². The van der Waals surface area contributed by atoms with Crippen molar-refractivity contribution in [2.24, 2.45) is 0 Å². The number of aliphatic hydroxyl groups excluding tert-OH is 1. The van der Waals surface area contributed by atoms with Crippen LogP contribution in [-0.4, -0.2) is 30.0 Å². The highest BCUT2D eigenvalue weighted by Crippen LogP contribution is 2.44. The van der Waals surface area contributed by atoms with Gasteiger partial charge in [-0.05, 0) is 57.2 Å². The first-order chi connectivity index (χ1) is 16.8. The summed E-state index contributed by atoms with van der Waals surface area (Å²) < 4.78 is 45.1. The number of halogens is 2. The second-order valence-electron chi connectivity index (χ2n) is 7.74. The quantitative estimate of drug-likeness (QED) is 0.279. The van der Waals surface area contributed by atoms with E-state index in [0.717, 1.165) is 17.0 Å². The summed E-state index contributed by atoms with van der Waals surface area (Å²) in [5.74, 6) is -3.26. The number of ketones is 1. The van der Waals surface area contributed by atoms with Crippen LogP contribution in [0.15, 0.2) is 58.5 Å². The largest absolute Gasteiger partial charge is 0.507 e. The second kappa shape index (κ2) is 9.61. The molecule has 4 rings (SSSR count). The Labute approximate surface area is 200 Å². The van der Waals surface area contributed by atoms with Gasteiger partial charge in [0.05, 0.1) is 30.0 Å². The van der Waals surface area contributed by atoms with E-state index in [1.54, 1.807) is 32.0 Å². The molecule has 1 atom stereocenters. The molecule has 0 bridgehead atoms. The van der Waals surface area contributed by atoms with Gasteiger partial charge in [0.15, 0.2) is 0 Å². The summed E-state index contributed by atoms with van der Waals surface area (Å²) in [6, 6.07) is 9.12. The molecule has 1 amide bonds. The molecule has 1 fully saturated rings. The SMILES string of the molecule is CCOc1ccc(/C(O)=C2/C(=O)C(=O)N(c3ccc(F)cc3F)C2c2ccc(C)o2)c(OCC)c1. The van der Waals surface area contributed by atoms with Gasteiger partial charge in [-0.25, -0.2) is 8.78 Å². The van der Waals surface area contributed by atoms with E-state index in [1.165, 1.54) is 12.1 Å². The third kappa shape index (κ3) is 4.37. The topological polar surface area (TPSA) is 89.2 Å². The van der Waals surface area contributed by atoms with Crippen LogP contribution in [0.5, 0.6) is 11.5 Å². The van der Waals surface area contributed by atoms with Gasteiger partial charge in [-0.3, -0.25) is 14.5 Å². The van der Waals surface area contributed by atoms with E-state index < -0.39 is 35.1 Å². The Balaban J connectivity index is 1.94. The fraction of sp³-hybridized carbons (Fsp3) is 0.231. The minimum atomic E-state index is -1.30. The monoisotopic (exact) mass is 483 g/mol. The van der Waals surface area contributed by atoms with E-state index in [2.05, 4.69) is 0 Å². The van der Waals surface area contributed by atoms with E-state index >= 15 is 0 Å². The molecule has 0 aliphatic carbocycles. The number of furan rings is 1. The van der Waals surface area contributed by atoms with E-state index in [4.69, 9.17) is 13.9 Å². The second-order valence-corrected chi connectivity index (χ2v) is 7.74. The lowest BCUT2D eigenvalue weighted by molar-refractivity contribution is -0.132. The number of carbonyl (C=O) groups is 2. The van der Waals surface area contributed by atoms with Crippen molar-refractivity contribution >= 4 is 23.1 Å². The molecular formula is C26H23F2NO6. The molecule has 1 aliphatic rings. The fourth-order valence-corrected chi connectivity index (χ4v) is 4.00. The highest BCUT2D eigenvalue weighted by atomic mass is 19.1. The maximum Gasteiger partial charge on any atom is 0.300 e. The number of hydrogen-bond acceptors (Lipinski definition) is 6. The van der Waals surface area contributed by atoms with Gasteiger partial charge in [0.25, 0.3) is 11.7 Å². The van der Waals surface area contributed by atoms with Crippen molar-refractivity contribution in [2.75, 3.05) is 18.1 Å². The number of carbonyl (C=O) groups excluding carboxylic acids is 2. The Kier molecular flexibility index (Phi) is 6.59. The first-order valence-corrected chi connectivity index (χ1v) is 11.0. The summed E-state index contributed by atoms with van der Waals surface area (Å²) in [6.45, 7) is 5.89. The highest BCUT2D eigenvalue weighted by Gasteiger charge is 2.49. The molecule has 1 aromatic heterocycles. The molecule has 0 spiro atoms. The smallest absolute Gasteiger partial charge is 0.300 e. The Bertz CT molecular complexity index is 1330. The number of aliphatic hydroxyl groups is 1. The average Bonchev–Trinajstić information content (AvgIpc) is 3.35. The van der Waals surface area contributed by atoms with Crippen molar-refractivity contribution in [1.29, 1.82) is 0 Å². The molecule has 9 heteroatoms. The predicted octanol–water partition coefficient (Wildman–Crippen LogP) is 5.29. The van der Waals surface area contributed by atoms with Gasteiger partial charge in [-0.15, -0.1) is 0 Å². The number of benzene rings is 2. The van der Waals surface area contributed by atoms with Crippen LogP contribution in [0.4, 0.5) is 14.5 Å². The lowest BCUT2D eigenvalue weighted by Gasteiger charge is -2.24. The number of hydrogen-bond donors (Lipinski definition) is 1. The van der Waals surface area contributed by atoms with Crippen LogP contribution < -0.4 is 14.4 Å². The van der Waals surface area contributed by atoms with Gasteiger partial charge in [-0.2, -0.15) is 0 Å². The summed E-state index contributed by atoms with van der Waals surface area (Å²) >= 11 is 0. The summed E-state index contributed by atoms with van der Waals surface area (Å²) in [4.78, 5) is 27.2. The number of amides is 1. The number of aryl methyl sites for hydroxylation is 1. The average molecular weight is 483 g/mol. The Morgan fingerprint density at radius 1 is 1.03 bits per heavy atom. The summed E-state index contributed by atoms with van der Waals surface area (Å²) in [7, 11) is 0. The van der Waals surface area contributed by atoms with E-state index in [9.17, 15) is 23.5 Å². The lowest BCUT2D eigenvalue weighted by atomic mass is 9.98. The van der Waals surface area contributed by atoms with Crippen molar-refractivity contribution in [3.63, 3.8) is 0 Å². The fourth-order valence-electron chi connectivity index (χ4n) is 4.00. The minimum Gasteiger partial charge on any atom is -0.507 e. The molecule has 1 N–H and O–H groups in total. The van der Waals surface area contributed by atoms with Crippen LogP contribution in [0.3, 0.4) is 0 Å². The maximum absolute atomic E-state index is 14.7. The molecule has 1 unspecified atom stereocenters. The molecule has 3 aromatic rings. The van der Waals surface area contributed by atoms with Crippen molar-refractivity contribution in [3.05, 3.63) is 82.8 Å². The van der Waals surface area contributed by atoms with Crippen molar-refractivity contribution < 1.29 is 37.4 Å². The Morgan fingerprint density at radius 3 is 2.40 bits per heavy atom. The van der Waals surface area contributed by atoms with Crippen LogP contribution in [0, 0.1) is 18.6 Å². The third-order valence-electron chi connectivity index (χ3n) is 5.46. The predicted molar refractivity (Wildman–Crippen MR) is 123 cm³/mol. The first kappa shape index (κ1) is 24.0. The molecule has 0 radical (unpaired) electrons. The minimum absolute atomic E-state index is 0.121. The zero-order valence-corrected chi connectivity index (χ0v) is 19.3. The van der Waals surface area contributed by atoms with Gasteiger partial charge >= 0.3 is 0 Å². The summed E-state index contributed by atoms with van der Waals surface area (Å²) in [5.41, 5.74) is -0.511. The molecule has 1 saturated heterocycles. The molecule has 35 heavy (non-hydrogen) atoms. The summed E-state index contributed by atoms with van der Waals surface area (Å²) in [5, 5.41) is 11.3. The van der Waals surface area contributed by atoms with Crippen molar-refractivity contribution in [2.45, 2.75) is 26.8 Å². The molecule has 182 valence electrons. The van der Waals surface area contributed by atoms with Crippen LogP contribution in [0.1, 0.15) is 37.0 Å². The number of rotatable bonds is 7. The van der Waals surface area contributed by atoms with E-state index in [0.29, 0.717) is 24.2 Å². The lowest BCUT2D eigenvalue weighted by Crippen LogP contribution is -2.30. The molecule has 7 nitrogen and oxygen atoms in total. The molecule has 1 aliphatic heterocycles. The summed E-state index contributed by atoms with van der Waals surface area (Å²) in [6.07, 6.45) is 0. The van der Waals surface area contributed by atoms with Crippen molar-refractivity contribution in [3.8, 4) is 11.5 Å². The van der Waals surface area contributed by atoms with Crippen LogP contribution in [-0.2, 0) is 9.59 Å². The van der Waals surface area contributed by atoms with Crippen LogP contribution in [0.2, 0.25) is 0 Å². The van der Waals surface area contributed by atoms with Crippen molar-refractivity contribution in [1.82, 2.24) is 0 Å². The number of nitrogens with zero attached hydrogens (tertiary/aromatic N) is 1. The van der Waals surface area contributed by atoms with Crippen LogP contribution >= 0.6 is 0 Å². The molecule has 2 heterocycles. The van der Waals surface area contributed by atoms with Gasteiger partial charge < -0.3 is 19.0 Å². The Hall–Kier alpha value is -4.14. The van der Waals surface area contributed by atoms with Gasteiger partial charge in [-0.1, -0.05) is 0 Å². The Morgan fingerprint density at radius 2 is 1.77 bits per heavy atom. The molecular weight excluding hydrogens is 460 g/mol. The molecule has 2 aromatic carbocycles. The van der Waals surface area contributed by atoms with Crippen LogP contribution in [0.25, 0.3) is 5.76 Å². The third-order valence-corrected chi connectivity index (χ3v) is 5.46. The number of Topliss-reactive ketones (excluding diaryl/α,β-unsaturated/α-hetero) is 1. The highest BCUT2D eigenvalue weighted by molar-refractivity contribution is 6.51. The maximum atomic E-state index is 14.7. The molecule has 0 saturated carbocycles. The van der Waals surface area contributed by atoms with E-state index in [1.807, 2.05) is 6.92 Å². The number of ether oxygens (including phenoxy) is 2. The first-order valence-electron chi connectivity index (χ1n) is 11.0.